The molecule has 5 rings (SSSR count). The van der Waals surface area contributed by atoms with Gasteiger partial charge in [-0.2, -0.15) is 0 Å². The molecule has 2 heterocycles. The topological polar surface area (TPSA) is 51.7 Å². The molecule has 1 aromatic heterocycles. The van der Waals surface area contributed by atoms with Crippen LogP contribution in [0.2, 0.25) is 5.02 Å². The van der Waals surface area contributed by atoms with Gasteiger partial charge in [-0.15, -0.1) is 0 Å². The van der Waals surface area contributed by atoms with E-state index in [0.717, 1.165) is 54.0 Å². The molecular formula is C26H24BrClN2O3. The van der Waals surface area contributed by atoms with Gasteiger partial charge in [0.15, 0.2) is 0 Å². The first kappa shape index (κ1) is 22.2. The van der Waals surface area contributed by atoms with Gasteiger partial charge in [-0.25, -0.2) is 9.78 Å². The average Bonchev–Trinajstić information content (AvgIpc) is 3.37. The maximum Gasteiger partial charge on any atom is 0.338 e. The summed E-state index contributed by atoms with van der Waals surface area (Å²) in [7, 11) is 1.67. The number of hydrogen-bond acceptors (Lipinski definition) is 5. The lowest BCUT2D eigenvalue weighted by molar-refractivity contribution is 0.0306. The number of anilines is 1. The van der Waals surface area contributed by atoms with Crippen molar-refractivity contribution in [2.45, 2.75) is 37.3 Å². The molecule has 5 nitrogen and oxygen atoms in total. The van der Waals surface area contributed by atoms with E-state index in [1.807, 2.05) is 30.3 Å². The minimum absolute atomic E-state index is 0.151. The first-order valence-electron chi connectivity index (χ1n) is 11.0. The number of benzene rings is 2. The summed E-state index contributed by atoms with van der Waals surface area (Å²) in [6.45, 7) is 1.51. The molecule has 1 saturated carbocycles. The van der Waals surface area contributed by atoms with Gasteiger partial charge in [0.25, 0.3) is 0 Å². The Bertz CT molecular complexity index is 1170. The summed E-state index contributed by atoms with van der Waals surface area (Å²) in [6, 6.07) is 17.2. The number of pyridine rings is 1. The number of hydrogen-bond donors (Lipinski definition) is 0. The summed E-state index contributed by atoms with van der Waals surface area (Å²) in [5.41, 5.74) is 2.61. The van der Waals surface area contributed by atoms with Gasteiger partial charge in [0.2, 0.25) is 0 Å². The van der Waals surface area contributed by atoms with Gasteiger partial charge in [-0.05, 0) is 65.0 Å². The Labute approximate surface area is 206 Å². The molecular weight excluding hydrogens is 504 g/mol. The van der Waals surface area contributed by atoms with Crippen molar-refractivity contribution < 1.29 is 14.3 Å². The van der Waals surface area contributed by atoms with Gasteiger partial charge in [0.05, 0.1) is 22.2 Å². The lowest BCUT2D eigenvalue weighted by atomic mass is 9.81. The van der Waals surface area contributed by atoms with Crippen molar-refractivity contribution in [1.82, 2.24) is 4.98 Å². The molecule has 0 radical (unpaired) electrons. The Morgan fingerprint density at radius 3 is 2.70 bits per heavy atom. The van der Waals surface area contributed by atoms with E-state index >= 15 is 0 Å². The summed E-state index contributed by atoms with van der Waals surface area (Å²) in [4.78, 5) is 19.7. The Morgan fingerprint density at radius 1 is 1.21 bits per heavy atom. The van der Waals surface area contributed by atoms with E-state index in [2.05, 4.69) is 33.0 Å². The third-order valence-electron chi connectivity index (χ3n) is 6.66. The zero-order valence-corrected chi connectivity index (χ0v) is 20.6. The van der Waals surface area contributed by atoms with E-state index in [1.54, 1.807) is 25.4 Å². The molecule has 0 amide bonds. The third-order valence-corrected chi connectivity index (χ3v) is 7.88. The number of aromatic nitrogens is 1. The van der Waals surface area contributed by atoms with E-state index in [-0.39, 0.29) is 17.5 Å². The summed E-state index contributed by atoms with van der Waals surface area (Å²) in [5, 5.41) is 0.701. The molecule has 3 aromatic rings. The molecule has 2 aromatic carbocycles. The minimum atomic E-state index is -0.274. The van der Waals surface area contributed by atoms with Crippen molar-refractivity contribution in [3.05, 3.63) is 87.0 Å². The van der Waals surface area contributed by atoms with Crippen LogP contribution in [-0.2, 0) is 16.7 Å². The van der Waals surface area contributed by atoms with Crippen LogP contribution in [0.5, 0.6) is 5.75 Å². The highest BCUT2D eigenvalue weighted by atomic mass is 79.9. The molecule has 7 heteroatoms. The fraction of sp³-hybridized carbons (Fsp3) is 0.308. The van der Waals surface area contributed by atoms with Gasteiger partial charge in [-0.1, -0.05) is 41.9 Å². The molecule has 1 fully saturated rings. The fourth-order valence-corrected chi connectivity index (χ4v) is 5.74. The summed E-state index contributed by atoms with van der Waals surface area (Å²) in [6.07, 6.45) is 4.04. The van der Waals surface area contributed by atoms with Crippen molar-refractivity contribution in [3.8, 4) is 5.75 Å². The number of fused-ring (bicyclic) bond motifs is 2. The van der Waals surface area contributed by atoms with Crippen LogP contribution in [0.4, 0.5) is 5.82 Å². The summed E-state index contributed by atoms with van der Waals surface area (Å²) >= 11 is 10.4. The largest absolute Gasteiger partial charge is 0.497 e. The van der Waals surface area contributed by atoms with E-state index in [0.29, 0.717) is 10.6 Å². The second-order valence-corrected chi connectivity index (χ2v) is 9.97. The molecule has 0 unspecified atom stereocenters. The number of esters is 1. The lowest BCUT2D eigenvalue weighted by Gasteiger charge is -2.26. The molecule has 1 aliphatic heterocycles. The summed E-state index contributed by atoms with van der Waals surface area (Å²) < 4.78 is 12.0. The minimum Gasteiger partial charge on any atom is -0.497 e. The molecule has 1 spiro atoms. The maximum atomic E-state index is 12.6. The van der Waals surface area contributed by atoms with Crippen LogP contribution in [0.15, 0.2) is 65.3 Å². The quantitative estimate of drug-likeness (QED) is 0.371. The third kappa shape index (κ3) is 4.22. The molecule has 1 aliphatic carbocycles. The van der Waals surface area contributed by atoms with Gasteiger partial charge in [0, 0.05) is 30.3 Å². The number of carbonyl (C=O) groups is 1. The lowest BCUT2D eigenvalue weighted by Crippen LogP contribution is -2.32. The van der Waals surface area contributed by atoms with Gasteiger partial charge in [0.1, 0.15) is 17.7 Å². The monoisotopic (exact) mass is 526 g/mol. The predicted molar refractivity (Wildman–Crippen MR) is 132 cm³/mol. The molecule has 2 atom stereocenters. The highest BCUT2D eigenvalue weighted by Gasteiger charge is 2.51. The van der Waals surface area contributed by atoms with Crippen molar-refractivity contribution in [2.75, 3.05) is 18.6 Å². The van der Waals surface area contributed by atoms with Crippen LogP contribution in [0.25, 0.3) is 0 Å². The van der Waals surface area contributed by atoms with Gasteiger partial charge < -0.3 is 14.4 Å². The molecule has 2 aliphatic rings. The Hall–Kier alpha value is -2.57. The van der Waals surface area contributed by atoms with Crippen molar-refractivity contribution >= 4 is 39.3 Å². The first-order chi connectivity index (χ1) is 16.0. The number of nitrogens with zero attached hydrogens (tertiary/aromatic N) is 2. The van der Waals surface area contributed by atoms with Crippen LogP contribution in [-0.4, -0.2) is 30.7 Å². The number of halogens is 2. The highest BCUT2D eigenvalue weighted by molar-refractivity contribution is 9.10. The van der Waals surface area contributed by atoms with Crippen molar-refractivity contribution in [3.63, 3.8) is 0 Å². The molecule has 33 heavy (non-hydrogen) atoms. The fourth-order valence-electron chi connectivity index (χ4n) is 5.11. The van der Waals surface area contributed by atoms with E-state index < -0.39 is 0 Å². The zero-order chi connectivity index (χ0) is 23.0. The second kappa shape index (κ2) is 8.99. The Morgan fingerprint density at radius 2 is 1.97 bits per heavy atom. The Balaban J connectivity index is 1.40. The number of methoxy groups -OCH3 is 1. The first-order valence-corrected chi connectivity index (χ1v) is 12.1. The predicted octanol–water partition coefficient (Wildman–Crippen LogP) is 6.17. The van der Waals surface area contributed by atoms with Crippen molar-refractivity contribution in [2.24, 2.45) is 0 Å². The normalized spacial score (nSPS) is 21.3. The van der Waals surface area contributed by atoms with Crippen molar-refractivity contribution in [1.29, 1.82) is 0 Å². The van der Waals surface area contributed by atoms with Crippen LogP contribution in [0, 0.1) is 0 Å². The second-order valence-electron chi connectivity index (χ2n) is 8.74. The summed E-state index contributed by atoms with van der Waals surface area (Å²) in [5.74, 6) is 1.47. The van der Waals surface area contributed by atoms with Crippen LogP contribution >= 0.6 is 27.5 Å². The number of rotatable bonds is 5. The van der Waals surface area contributed by atoms with E-state index in [4.69, 9.17) is 26.1 Å². The molecule has 170 valence electrons. The van der Waals surface area contributed by atoms with E-state index in [9.17, 15) is 4.79 Å². The van der Waals surface area contributed by atoms with E-state index in [1.165, 1.54) is 5.56 Å². The molecule has 0 saturated heterocycles. The smallest absolute Gasteiger partial charge is 0.338 e. The molecule has 0 N–H and O–H groups in total. The van der Waals surface area contributed by atoms with Crippen LogP contribution in [0.3, 0.4) is 0 Å². The van der Waals surface area contributed by atoms with Gasteiger partial charge >= 0.3 is 5.97 Å². The maximum absolute atomic E-state index is 12.6. The SMILES string of the molecule is COc1ccc(CN2C[C@@]3(CC[C@@H](OC(=O)c4ccccc4)C3)c3c2ncc(Br)c3Cl)cc1. The van der Waals surface area contributed by atoms with Crippen LogP contribution in [0.1, 0.15) is 40.7 Å². The Kier molecular flexibility index (Phi) is 6.06. The standard InChI is InChI=1S/C26H24BrClN2O3/c1-32-19-9-7-17(8-10-19)15-30-16-26(22-23(28)21(27)14-29-24(22)30)12-11-20(13-26)33-25(31)18-5-3-2-4-6-18/h2-10,14,20H,11-13,15-16H2,1H3/t20-,26+/m1/s1. The highest BCUT2D eigenvalue weighted by Crippen LogP contribution is 2.54. The molecule has 0 bridgehead atoms. The number of carbonyl (C=O) groups excluding carboxylic acids is 1. The average molecular weight is 528 g/mol. The van der Waals surface area contributed by atoms with Crippen LogP contribution < -0.4 is 9.64 Å². The van der Waals surface area contributed by atoms with Gasteiger partial charge in [-0.3, -0.25) is 0 Å². The zero-order valence-electron chi connectivity index (χ0n) is 18.3. The number of ether oxygens (including phenoxy) is 2.